The number of pyridine rings is 1. The first-order valence-electron chi connectivity index (χ1n) is 9.00. The minimum absolute atomic E-state index is 0.229. The van der Waals surface area contributed by atoms with Gasteiger partial charge in [0.25, 0.3) is 5.91 Å². The first-order valence-corrected chi connectivity index (χ1v) is 9.79. The highest BCUT2D eigenvalue weighted by Gasteiger charge is 2.10. The molecule has 0 atom stereocenters. The molecule has 3 aromatic rings. The lowest BCUT2D eigenvalue weighted by Crippen LogP contribution is -2.36. The van der Waals surface area contributed by atoms with Crippen molar-refractivity contribution in [2.45, 2.75) is 19.9 Å². The minimum Gasteiger partial charge on any atom is -0.326 e. The van der Waals surface area contributed by atoms with Crippen LogP contribution in [0.4, 0.5) is 5.69 Å². The molecule has 6 heteroatoms. The fourth-order valence-corrected chi connectivity index (χ4v) is 2.94. The van der Waals surface area contributed by atoms with Gasteiger partial charge in [0, 0.05) is 28.1 Å². The standard InChI is InChI=1S/C22H21BrN4O/c1-2-16-6-8-20(9-7-16)26-22(25-15-17-10-12-24-13-11-17)27-21(28)18-4-3-5-19(23)14-18/h3-14H,2,15H2,1H3,(H2,25,26,27,28). The molecular weight excluding hydrogens is 416 g/mol. The Bertz CT molecular complexity index is 956. The van der Waals surface area contributed by atoms with Crippen LogP contribution in [0.5, 0.6) is 0 Å². The summed E-state index contributed by atoms with van der Waals surface area (Å²) in [6.45, 7) is 2.54. The van der Waals surface area contributed by atoms with Gasteiger partial charge in [0.05, 0.1) is 6.54 Å². The van der Waals surface area contributed by atoms with Crippen LogP contribution in [0.1, 0.15) is 28.4 Å². The highest BCUT2D eigenvalue weighted by Crippen LogP contribution is 2.13. The van der Waals surface area contributed by atoms with Gasteiger partial charge in [-0.25, -0.2) is 4.99 Å². The summed E-state index contributed by atoms with van der Waals surface area (Å²) in [5.41, 5.74) is 3.67. The number of amides is 1. The zero-order valence-electron chi connectivity index (χ0n) is 15.5. The molecule has 0 fully saturated rings. The molecule has 142 valence electrons. The Kier molecular flexibility index (Phi) is 6.92. The second kappa shape index (κ2) is 9.80. The molecule has 1 amide bonds. The Hall–Kier alpha value is -2.99. The average Bonchev–Trinajstić information content (AvgIpc) is 2.73. The molecule has 0 saturated carbocycles. The van der Waals surface area contributed by atoms with E-state index in [2.05, 4.69) is 55.6 Å². The van der Waals surface area contributed by atoms with Gasteiger partial charge in [-0.15, -0.1) is 0 Å². The van der Waals surface area contributed by atoms with Crippen molar-refractivity contribution in [3.63, 3.8) is 0 Å². The van der Waals surface area contributed by atoms with Gasteiger partial charge in [0.15, 0.2) is 0 Å². The van der Waals surface area contributed by atoms with E-state index in [1.807, 2.05) is 36.4 Å². The smallest absolute Gasteiger partial charge is 0.257 e. The number of guanidine groups is 1. The summed E-state index contributed by atoms with van der Waals surface area (Å²) in [5, 5.41) is 6.08. The number of carbonyl (C=O) groups is 1. The summed E-state index contributed by atoms with van der Waals surface area (Å²) in [5.74, 6) is 0.165. The van der Waals surface area contributed by atoms with Gasteiger partial charge in [0.2, 0.25) is 5.96 Å². The van der Waals surface area contributed by atoms with Gasteiger partial charge in [-0.3, -0.25) is 15.1 Å². The number of anilines is 1. The van der Waals surface area contributed by atoms with Crippen LogP contribution in [-0.2, 0) is 13.0 Å². The van der Waals surface area contributed by atoms with Crippen LogP contribution in [0.15, 0.2) is 82.5 Å². The van der Waals surface area contributed by atoms with Crippen molar-refractivity contribution in [1.82, 2.24) is 10.3 Å². The first kappa shape index (κ1) is 19.8. The number of nitrogens with zero attached hydrogens (tertiary/aromatic N) is 2. The maximum Gasteiger partial charge on any atom is 0.257 e. The molecule has 5 nitrogen and oxygen atoms in total. The van der Waals surface area contributed by atoms with E-state index in [4.69, 9.17) is 0 Å². The van der Waals surface area contributed by atoms with Crippen LogP contribution in [-0.4, -0.2) is 16.9 Å². The molecule has 0 aliphatic heterocycles. The fourth-order valence-electron chi connectivity index (χ4n) is 2.54. The molecule has 2 aromatic carbocycles. The summed E-state index contributed by atoms with van der Waals surface area (Å²) >= 11 is 3.39. The molecule has 2 N–H and O–H groups in total. The van der Waals surface area contributed by atoms with Crippen LogP contribution in [0.3, 0.4) is 0 Å². The summed E-state index contributed by atoms with van der Waals surface area (Å²) in [4.78, 5) is 21.2. The summed E-state index contributed by atoms with van der Waals surface area (Å²) in [6.07, 6.45) is 4.42. The highest BCUT2D eigenvalue weighted by molar-refractivity contribution is 9.10. The third-order valence-electron chi connectivity index (χ3n) is 4.11. The molecule has 28 heavy (non-hydrogen) atoms. The number of benzene rings is 2. The molecule has 0 aliphatic carbocycles. The lowest BCUT2D eigenvalue weighted by molar-refractivity contribution is 0.0977. The number of carbonyl (C=O) groups excluding carboxylic acids is 1. The lowest BCUT2D eigenvalue weighted by Gasteiger charge is -2.12. The molecule has 0 spiro atoms. The molecule has 3 rings (SSSR count). The van der Waals surface area contributed by atoms with Crippen LogP contribution in [0, 0.1) is 0 Å². The normalized spacial score (nSPS) is 11.1. The number of aryl methyl sites for hydroxylation is 1. The second-order valence-corrected chi connectivity index (χ2v) is 7.08. The van der Waals surface area contributed by atoms with Gasteiger partial charge >= 0.3 is 0 Å². The Morgan fingerprint density at radius 2 is 1.79 bits per heavy atom. The molecule has 0 radical (unpaired) electrons. The number of nitrogens with one attached hydrogen (secondary N) is 2. The monoisotopic (exact) mass is 436 g/mol. The molecule has 0 unspecified atom stereocenters. The predicted molar refractivity (Wildman–Crippen MR) is 116 cm³/mol. The molecule has 1 heterocycles. The van der Waals surface area contributed by atoms with E-state index in [0.717, 1.165) is 22.1 Å². The molecule has 0 saturated heterocycles. The van der Waals surface area contributed by atoms with E-state index in [1.165, 1.54) is 5.56 Å². The summed E-state index contributed by atoms with van der Waals surface area (Å²) < 4.78 is 0.846. The SMILES string of the molecule is CCc1ccc(NC(=NCc2ccncc2)NC(=O)c2cccc(Br)c2)cc1. The van der Waals surface area contributed by atoms with Crippen molar-refractivity contribution in [3.05, 3.63) is 94.2 Å². The quantitative estimate of drug-likeness (QED) is 0.445. The average molecular weight is 437 g/mol. The van der Waals surface area contributed by atoms with Gasteiger partial charge < -0.3 is 5.32 Å². The number of hydrogen-bond acceptors (Lipinski definition) is 3. The van der Waals surface area contributed by atoms with Crippen LogP contribution >= 0.6 is 15.9 Å². The van der Waals surface area contributed by atoms with Crippen molar-refractivity contribution in [2.75, 3.05) is 5.32 Å². The predicted octanol–water partition coefficient (Wildman–Crippen LogP) is 4.80. The van der Waals surface area contributed by atoms with E-state index in [0.29, 0.717) is 18.1 Å². The fraction of sp³-hybridized carbons (Fsp3) is 0.136. The van der Waals surface area contributed by atoms with E-state index in [-0.39, 0.29) is 5.91 Å². The molecule has 0 aliphatic rings. The van der Waals surface area contributed by atoms with E-state index in [1.54, 1.807) is 24.5 Å². The number of hydrogen-bond donors (Lipinski definition) is 2. The Labute approximate surface area is 173 Å². The van der Waals surface area contributed by atoms with Crippen LogP contribution < -0.4 is 10.6 Å². The lowest BCUT2D eigenvalue weighted by atomic mass is 10.1. The Balaban J connectivity index is 1.79. The number of halogens is 1. The third-order valence-corrected chi connectivity index (χ3v) is 4.61. The summed E-state index contributed by atoms with van der Waals surface area (Å²) in [6, 6.07) is 19.1. The highest BCUT2D eigenvalue weighted by atomic mass is 79.9. The van der Waals surface area contributed by atoms with Gasteiger partial charge in [-0.05, 0) is 60.0 Å². The largest absolute Gasteiger partial charge is 0.326 e. The van der Waals surface area contributed by atoms with Crippen molar-refractivity contribution in [3.8, 4) is 0 Å². The minimum atomic E-state index is -0.229. The van der Waals surface area contributed by atoms with Crippen molar-refractivity contribution < 1.29 is 4.79 Å². The maximum atomic E-state index is 12.6. The molecular formula is C22H21BrN4O. The number of rotatable bonds is 5. The zero-order chi connectivity index (χ0) is 19.8. The van der Waals surface area contributed by atoms with E-state index >= 15 is 0 Å². The Morgan fingerprint density at radius 3 is 2.46 bits per heavy atom. The summed E-state index contributed by atoms with van der Waals surface area (Å²) in [7, 11) is 0. The van der Waals surface area contributed by atoms with Crippen LogP contribution in [0.25, 0.3) is 0 Å². The van der Waals surface area contributed by atoms with Crippen molar-refractivity contribution in [1.29, 1.82) is 0 Å². The topological polar surface area (TPSA) is 66.4 Å². The van der Waals surface area contributed by atoms with Crippen molar-refractivity contribution >= 4 is 33.5 Å². The maximum absolute atomic E-state index is 12.6. The van der Waals surface area contributed by atoms with Crippen molar-refractivity contribution in [2.24, 2.45) is 4.99 Å². The zero-order valence-corrected chi connectivity index (χ0v) is 17.1. The van der Waals surface area contributed by atoms with Gasteiger partial charge in [-0.1, -0.05) is 41.1 Å². The third kappa shape index (κ3) is 5.76. The van der Waals surface area contributed by atoms with Gasteiger partial charge in [0.1, 0.15) is 0 Å². The van der Waals surface area contributed by atoms with E-state index in [9.17, 15) is 4.79 Å². The van der Waals surface area contributed by atoms with E-state index < -0.39 is 0 Å². The number of aliphatic imine (C=N–C) groups is 1. The number of aromatic nitrogens is 1. The molecule has 0 bridgehead atoms. The van der Waals surface area contributed by atoms with Crippen LogP contribution in [0.2, 0.25) is 0 Å². The van der Waals surface area contributed by atoms with Gasteiger partial charge in [-0.2, -0.15) is 0 Å². The second-order valence-electron chi connectivity index (χ2n) is 6.16. The Morgan fingerprint density at radius 1 is 1.04 bits per heavy atom. The molecule has 1 aromatic heterocycles. The first-order chi connectivity index (χ1) is 13.6.